The molecule has 1 aliphatic heterocycles. The molecule has 6 heteroatoms. The van der Waals surface area contributed by atoms with E-state index in [2.05, 4.69) is 0 Å². The molecule has 1 heterocycles. The Morgan fingerprint density at radius 3 is 2.52 bits per heavy atom. The number of thiocarbonyl (C=S) groups is 1. The summed E-state index contributed by atoms with van der Waals surface area (Å²) in [6, 6.07) is 13.3. The Balaban J connectivity index is 1.92. The van der Waals surface area contributed by atoms with Crippen molar-refractivity contribution in [2.75, 3.05) is 12.0 Å². The SMILES string of the molecule is COc1ccc(N2C(=O)/C(=C\c3ccccc3F)SC2=S)cc1. The van der Waals surface area contributed by atoms with E-state index in [1.165, 1.54) is 17.0 Å². The van der Waals surface area contributed by atoms with Crippen molar-refractivity contribution >= 4 is 46.0 Å². The molecule has 0 atom stereocenters. The maximum absolute atomic E-state index is 13.7. The molecule has 1 saturated heterocycles. The minimum atomic E-state index is -0.373. The number of hydrogen-bond acceptors (Lipinski definition) is 4. The second kappa shape index (κ2) is 6.52. The highest BCUT2D eigenvalue weighted by atomic mass is 32.2. The molecule has 0 aromatic heterocycles. The van der Waals surface area contributed by atoms with Crippen LogP contribution < -0.4 is 9.64 Å². The number of nitrogens with zero attached hydrogens (tertiary/aromatic N) is 1. The van der Waals surface area contributed by atoms with Gasteiger partial charge in [0.05, 0.1) is 17.7 Å². The van der Waals surface area contributed by atoms with Crippen molar-refractivity contribution in [1.29, 1.82) is 0 Å². The molecule has 1 fully saturated rings. The summed E-state index contributed by atoms with van der Waals surface area (Å²) in [7, 11) is 1.58. The predicted molar refractivity (Wildman–Crippen MR) is 95.0 cm³/mol. The fourth-order valence-corrected chi connectivity index (χ4v) is 3.44. The van der Waals surface area contributed by atoms with Crippen LogP contribution in [0, 0.1) is 5.82 Å². The van der Waals surface area contributed by atoms with Crippen molar-refractivity contribution in [2.45, 2.75) is 0 Å². The van der Waals surface area contributed by atoms with Crippen LogP contribution in [0.2, 0.25) is 0 Å². The van der Waals surface area contributed by atoms with Crippen LogP contribution in [0.15, 0.2) is 53.4 Å². The summed E-state index contributed by atoms with van der Waals surface area (Å²) in [5.41, 5.74) is 1.02. The number of halogens is 1. The van der Waals surface area contributed by atoms with Gasteiger partial charge in [-0.15, -0.1) is 0 Å². The van der Waals surface area contributed by atoms with Gasteiger partial charge in [0.25, 0.3) is 5.91 Å². The van der Waals surface area contributed by atoms with E-state index in [9.17, 15) is 9.18 Å². The third-order valence-corrected chi connectivity index (χ3v) is 4.62. The van der Waals surface area contributed by atoms with E-state index in [1.807, 2.05) is 0 Å². The van der Waals surface area contributed by atoms with Gasteiger partial charge in [-0.3, -0.25) is 9.69 Å². The molecular weight excluding hydrogens is 333 g/mol. The second-order valence-corrected chi connectivity index (χ2v) is 6.41. The molecule has 0 N–H and O–H groups in total. The van der Waals surface area contributed by atoms with E-state index in [1.54, 1.807) is 49.6 Å². The first-order valence-corrected chi connectivity index (χ1v) is 7.99. The summed E-state index contributed by atoms with van der Waals surface area (Å²) in [5, 5.41) is 0. The Bertz CT molecular complexity index is 802. The van der Waals surface area contributed by atoms with Crippen molar-refractivity contribution in [2.24, 2.45) is 0 Å². The van der Waals surface area contributed by atoms with Gasteiger partial charge in [-0.25, -0.2) is 4.39 Å². The topological polar surface area (TPSA) is 29.5 Å². The Labute approximate surface area is 142 Å². The van der Waals surface area contributed by atoms with Crippen molar-refractivity contribution in [3.05, 3.63) is 64.8 Å². The number of benzene rings is 2. The first-order chi connectivity index (χ1) is 11.1. The number of methoxy groups -OCH3 is 1. The number of thioether (sulfide) groups is 1. The van der Waals surface area contributed by atoms with Crippen molar-refractivity contribution in [3.63, 3.8) is 0 Å². The van der Waals surface area contributed by atoms with E-state index in [4.69, 9.17) is 17.0 Å². The van der Waals surface area contributed by atoms with Gasteiger partial charge in [0.15, 0.2) is 4.32 Å². The van der Waals surface area contributed by atoms with Crippen molar-refractivity contribution in [1.82, 2.24) is 0 Å². The number of amides is 1. The lowest BCUT2D eigenvalue weighted by molar-refractivity contribution is -0.113. The molecule has 2 aromatic rings. The summed E-state index contributed by atoms with van der Waals surface area (Å²) in [6.07, 6.45) is 1.53. The number of ether oxygens (including phenoxy) is 1. The lowest BCUT2D eigenvalue weighted by atomic mass is 10.2. The van der Waals surface area contributed by atoms with E-state index in [-0.39, 0.29) is 11.7 Å². The van der Waals surface area contributed by atoms with Gasteiger partial charge in [-0.2, -0.15) is 0 Å². The summed E-state index contributed by atoms with van der Waals surface area (Å²) in [6.45, 7) is 0. The van der Waals surface area contributed by atoms with Crippen LogP contribution in [0.4, 0.5) is 10.1 Å². The zero-order valence-corrected chi connectivity index (χ0v) is 13.8. The van der Waals surface area contributed by atoms with Gasteiger partial charge in [-0.05, 0) is 36.4 Å². The van der Waals surface area contributed by atoms with E-state index < -0.39 is 0 Å². The standard InChI is InChI=1S/C17H12FNO2S2/c1-21-13-8-6-12(7-9-13)19-16(20)15(23-17(19)22)10-11-4-2-3-5-14(11)18/h2-10H,1H3/b15-10+. The summed E-state index contributed by atoms with van der Waals surface area (Å²) < 4.78 is 19.3. The minimum Gasteiger partial charge on any atom is -0.497 e. The lowest BCUT2D eigenvalue weighted by Gasteiger charge is -2.14. The third kappa shape index (κ3) is 3.13. The Morgan fingerprint density at radius 2 is 1.87 bits per heavy atom. The predicted octanol–water partition coefficient (Wildman–Crippen LogP) is 4.24. The largest absolute Gasteiger partial charge is 0.497 e. The average Bonchev–Trinajstić information content (AvgIpc) is 2.84. The van der Waals surface area contributed by atoms with Gasteiger partial charge in [0.1, 0.15) is 11.6 Å². The van der Waals surface area contributed by atoms with E-state index in [0.29, 0.717) is 26.2 Å². The molecule has 1 aliphatic rings. The van der Waals surface area contributed by atoms with Crippen LogP contribution in [0.1, 0.15) is 5.56 Å². The fourth-order valence-electron chi connectivity index (χ4n) is 2.16. The van der Waals surface area contributed by atoms with E-state index >= 15 is 0 Å². The monoisotopic (exact) mass is 345 g/mol. The smallest absolute Gasteiger partial charge is 0.270 e. The number of carbonyl (C=O) groups is 1. The van der Waals surface area contributed by atoms with Gasteiger partial charge in [-0.1, -0.05) is 42.2 Å². The molecule has 23 heavy (non-hydrogen) atoms. The molecular formula is C17H12FNO2S2. The summed E-state index contributed by atoms with van der Waals surface area (Å²) >= 11 is 6.45. The van der Waals surface area contributed by atoms with Crippen LogP contribution in [-0.2, 0) is 4.79 Å². The van der Waals surface area contributed by atoms with Gasteiger partial charge >= 0.3 is 0 Å². The van der Waals surface area contributed by atoms with Crippen LogP contribution in [0.25, 0.3) is 6.08 Å². The van der Waals surface area contributed by atoms with Crippen LogP contribution in [0.5, 0.6) is 5.75 Å². The summed E-state index contributed by atoms with van der Waals surface area (Å²) in [4.78, 5) is 14.4. The lowest BCUT2D eigenvalue weighted by Crippen LogP contribution is -2.27. The molecule has 3 nitrogen and oxygen atoms in total. The van der Waals surface area contributed by atoms with Gasteiger partial charge in [0.2, 0.25) is 0 Å². The average molecular weight is 345 g/mol. The molecule has 0 bridgehead atoms. The fraction of sp³-hybridized carbons (Fsp3) is 0.0588. The van der Waals surface area contributed by atoms with Crippen LogP contribution >= 0.6 is 24.0 Å². The van der Waals surface area contributed by atoms with Gasteiger partial charge in [0, 0.05) is 5.56 Å². The molecule has 1 amide bonds. The maximum atomic E-state index is 13.7. The highest BCUT2D eigenvalue weighted by molar-refractivity contribution is 8.27. The highest BCUT2D eigenvalue weighted by Gasteiger charge is 2.33. The van der Waals surface area contributed by atoms with Crippen molar-refractivity contribution in [3.8, 4) is 5.75 Å². The molecule has 0 unspecified atom stereocenters. The molecule has 2 aromatic carbocycles. The Kier molecular flexibility index (Phi) is 4.45. The maximum Gasteiger partial charge on any atom is 0.270 e. The Morgan fingerprint density at radius 1 is 1.17 bits per heavy atom. The van der Waals surface area contributed by atoms with Gasteiger partial charge < -0.3 is 4.74 Å². The third-order valence-electron chi connectivity index (χ3n) is 3.32. The zero-order valence-electron chi connectivity index (χ0n) is 12.2. The second-order valence-electron chi connectivity index (χ2n) is 4.74. The number of anilines is 1. The van der Waals surface area contributed by atoms with Crippen molar-refractivity contribution < 1.29 is 13.9 Å². The summed E-state index contributed by atoms with van der Waals surface area (Å²) in [5.74, 6) is 0.0664. The molecule has 116 valence electrons. The first kappa shape index (κ1) is 15.7. The molecule has 0 radical (unpaired) electrons. The quantitative estimate of drug-likeness (QED) is 0.615. The highest BCUT2D eigenvalue weighted by Crippen LogP contribution is 2.36. The zero-order chi connectivity index (χ0) is 16.4. The van der Waals surface area contributed by atoms with E-state index in [0.717, 1.165) is 11.8 Å². The van der Waals surface area contributed by atoms with Crippen LogP contribution in [0.3, 0.4) is 0 Å². The first-order valence-electron chi connectivity index (χ1n) is 6.76. The normalized spacial score (nSPS) is 16.3. The number of rotatable bonds is 3. The molecule has 0 aliphatic carbocycles. The molecule has 0 saturated carbocycles. The van der Waals surface area contributed by atoms with Crippen LogP contribution in [-0.4, -0.2) is 17.3 Å². The Hall–Kier alpha value is -2.18. The number of carbonyl (C=O) groups excluding carboxylic acids is 1. The number of hydrogen-bond donors (Lipinski definition) is 0. The minimum absolute atomic E-state index is 0.256. The molecule has 3 rings (SSSR count). The molecule has 0 spiro atoms.